The molecule has 0 fully saturated rings. The van der Waals surface area contributed by atoms with Crippen LogP contribution in [0.25, 0.3) is 0 Å². The van der Waals surface area contributed by atoms with Crippen molar-refractivity contribution in [2.75, 3.05) is 10.6 Å². The Morgan fingerprint density at radius 2 is 1.97 bits per heavy atom. The maximum atomic E-state index is 12.8. The van der Waals surface area contributed by atoms with E-state index in [1.54, 1.807) is 17.0 Å². The molecule has 0 bridgehead atoms. The highest BCUT2D eigenvalue weighted by atomic mass is 16.2. The van der Waals surface area contributed by atoms with E-state index < -0.39 is 5.92 Å². The third kappa shape index (κ3) is 4.81. The summed E-state index contributed by atoms with van der Waals surface area (Å²) < 4.78 is 1.70. The van der Waals surface area contributed by atoms with E-state index in [1.807, 2.05) is 69.3 Å². The minimum Gasteiger partial charge on any atom is -0.325 e. The summed E-state index contributed by atoms with van der Waals surface area (Å²) in [5, 5.41) is 17.2. The molecule has 1 aliphatic heterocycles. The molecule has 4 aromatic rings. The van der Waals surface area contributed by atoms with Crippen molar-refractivity contribution >= 4 is 35.2 Å². The summed E-state index contributed by atoms with van der Waals surface area (Å²) in [7, 11) is 0. The standard InChI is InChI=1S/C27H27N7O2/c1-4-34-24(10-17(3)33-34)27(36)29-20-7-5-6-18(13-20)12-19-8-9-23-21(14-19)22(26(35)30-23)15-28-25-11-16(2)31-32-25/h5-11,13-15,22H,4,12H2,1-3H3,(H,29,36)(H,30,35)(H,31,32). The third-order valence-corrected chi connectivity index (χ3v) is 6.07. The van der Waals surface area contributed by atoms with Crippen molar-refractivity contribution in [1.82, 2.24) is 20.0 Å². The quantitative estimate of drug-likeness (QED) is 0.336. The summed E-state index contributed by atoms with van der Waals surface area (Å²) >= 11 is 0. The lowest BCUT2D eigenvalue weighted by atomic mass is 9.96. The van der Waals surface area contributed by atoms with Gasteiger partial charge in [-0.2, -0.15) is 10.2 Å². The highest BCUT2D eigenvalue weighted by molar-refractivity contribution is 6.12. The Morgan fingerprint density at radius 1 is 1.14 bits per heavy atom. The van der Waals surface area contributed by atoms with Gasteiger partial charge in [-0.1, -0.05) is 24.3 Å². The summed E-state index contributed by atoms with van der Waals surface area (Å²) in [6.07, 6.45) is 2.29. The average molecular weight is 482 g/mol. The van der Waals surface area contributed by atoms with Gasteiger partial charge in [0.1, 0.15) is 11.6 Å². The van der Waals surface area contributed by atoms with Crippen LogP contribution < -0.4 is 10.6 Å². The highest BCUT2D eigenvalue weighted by Gasteiger charge is 2.29. The van der Waals surface area contributed by atoms with Crippen molar-refractivity contribution in [3.8, 4) is 0 Å². The van der Waals surface area contributed by atoms with Gasteiger partial charge in [0.05, 0.1) is 5.69 Å². The van der Waals surface area contributed by atoms with E-state index in [2.05, 4.69) is 30.9 Å². The monoisotopic (exact) mass is 481 g/mol. The molecular formula is C27H27N7O2. The first kappa shape index (κ1) is 23.2. The number of nitrogens with one attached hydrogen (secondary N) is 3. The van der Waals surface area contributed by atoms with Gasteiger partial charge in [0.2, 0.25) is 5.91 Å². The van der Waals surface area contributed by atoms with Crippen LogP contribution in [-0.4, -0.2) is 38.0 Å². The first-order valence-electron chi connectivity index (χ1n) is 11.8. The van der Waals surface area contributed by atoms with Gasteiger partial charge in [-0.15, -0.1) is 0 Å². The Kier molecular flexibility index (Phi) is 6.20. The molecular weight excluding hydrogens is 454 g/mol. The van der Waals surface area contributed by atoms with Gasteiger partial charge in [0.25, 0.3) is 5.91 Å². The molecule has 2 aromatic carbocycles. The van der Waals surface area contributed by atoms with Crippen LogP contribution in [0, 0.1) is 13.8 Å². The number of nitrogens with zero attached hydrogens (tertiary/aromatic N) is 4. The Labute approximate surface area is 208 Å². The minimum atomic E-state index is -0.477. The predicted molar refractivity (Wildman–Crippen MR) is 139 cm³/mol. The minimum absolute atomic E-state index is 0.107. The van der Waals surface area contributed by atoms with Crippen molar-refractivity contribution in [2.45, 2.75) is 39.7 Å². The van der Waals surface area contributed by atoms with E-state index in [0.717, 1.165) is 39.5 Å². The van der Waals surface area contributed by atoms with Crippen LogP contribution in [0.2, 0.25) is 0 Å². The normalized spacial score (nSPS) is 14.8. The van der Waals surface area contributed by atoms with Crippen molar-refractivity contribution in [2.24, 2.45) is 4.99 Å². The van der Waals surface area contributed by atoms with Crippen molar-refractivity contribution in [1.29, 1.82) is 0 Å². The SMILES string of the molecule is CCn1nc(C)cc1C(=O)Nc1cccc(Cc2ccc3c(c2)C(C=Nc2cc(C)[nH]n2)C(=O)N3)c1. The molecule has 1 atom stereocenters. The number of aliphatic imine (C=N–C) groups is 1. The average Bonchev–Trinajstić information content (AvgIpc) is 3.53. The van der Waals surface area contributed by atoms with E-state index in [9.17, 15) is 9.59 Å². The molecule has 36 heavy (non-hydrogen) atoms. The summed E-state index contributed by atoms with van der Waals surface area (Å²) in [5.74, 6) is -0.231. The van der Waals surface area contributed by atoms with E-state index >= 15 is 0 Å². The highest BCUT2D eigenvalue weighted by Crippen LogP contribution is 2.33. The fraction of sp³-hybridized carbons (Fsp3) is 0.222. The van der Waals surface area contributed by atoms with E-state index in [0.29, 0.717) is 24.5 Å². The number of hydrogen-bond donors (Lipinski definition) is 3. The summed E-state index contributed by atoms with van der Waals surface area (Å²) in [6.45, 7) is 6.35. The fourth-order valence-corrected chi connectivity index (χ4v) is 4.37. The number of rotatable bonds is 7. The van der Waals surface area contributed by atoms with Crippen LogP contribution in [0.5, 0.6) is 0 Å². The maximum Gasteiger partial charge on any atom is 0.273 e. The third-order valence-electron chi connectivity index (χ3n) is 6.07. The molecule has 1 unspecified atom stereocenters. The molecule has 5 rings (SSSR count). The number of benzene rings is 2. The number of aryl methyl sites for hydroxylation is 3. The van der Waals surface area contributed by atoms with Crippen LogP contribution in [-0.2, 0) is 17.8 Å². The van der Waals surface area contributed by atoms with Gasteiger partial charge < -0.3 is 10.6 Å². The molecule has 3 heterocycles. The number of carbonyl (C=O) groups is 2. The van der Waals surface area contributed by atoms with E-state index in [4.69, 9.17) is 0 Å². The van der Waals surface area contributed by atoms with Crippen LogP contribution in [0.1, 0.15) is 51.4 Å². The zero-order valence-electron chi connectivity index (χ0n) is 20.4. The van der Waals surface area contributed by atoms with E-state index in [-0.39, 0.29) is 11.8 Å². The zero-order valence-corrected chi connectivity index (χ0v) is 20.4. The van der Waals surface area contributed by atoms with Crippen LogP contribution in [0.15, 0.2) is 59.6 Å². The van der Waals surface area contributed by atoms with Crippen molar-refractivity contribution in [3.63, 3.8) is 0 Å². The van der Waals surface area contributed by atoms with Gasteiger partial charge >= 0.3 is 0 Å². The lowest BCUT2D eigenvalue weighted by molar-refractivity contribution is -0.115. The number of H-pyrrole nitrogens is 1. The number of anilines is 2. The Morgan fingerprint density at radius 3 is 2.75 bits per heavy atom. The molecule has 0 aliphatic carbocycles. The molecule has 0 saturated carbocycles. The van der Waals surface area contributed by atoms with Crippen LogP contribution >= 0.6 is 0 Å². The number of carbonyl (C=O) groups excluding carboxylic acids is 2. The number of hydrogen-bond acceptors (Lipinski definition) is 5. The maximum absolute atomic E-state index is 12.8. The second kappa shape index (κ2) is 9.61. The van der Waals surface area contributed by atoms with Gasteiger partial charge in [-0.05, 0) is 68.1 Å². The summed E-state index contributed by atoms with van der Waals surface area (Å²) in [4.78, 5) is 29.7. The van der Waals surface area contributed by atoms with Gasteiger partial charge in [0.15, 0.2) is 5.82 Å². The topological polar surface area (TPSA) is 117 Å². The predicted octanol–water partition coefficient (Wildman–Crippen LogP) is 4.52. The van der Waals surface area contributed by atoms with Gasteiger partial charge in [-0.3, -0.25) is 19.4 Å². The van der Waals surface area contributed by atoms with Crippen molar-refractivity contribution in [3.05, 3.63) is 88.4 Å². The van der Waals surface area contributed by atoms with Gasteiger partial charge in [0, 0.05) is 35.9 Å². The number of aromatic amines is 1. The molecule has 3 N–H and O–H groups in total. The number of amides is 2. The molecule has 9 heteroatoms. The largest absolute Gasteiger partial charge is 0.325 e. The molecule has 9 nitrogen and oxygen atoms in total. The van der Waals surface area contributed by atoms with Crippen molar-refractivity contribution < 1.29 is 9.59 Å². The summed E-state index contributed by atoms with van der Waals surface area (Å²) in [5.41, 5.74) is 6.76. The Balaban J connectivity index is 1.32. The Hall–Kier alpha value is -4.53. The molecule has 0 spiro atoms. The Bertz CT molecular complexity index is 1480. The molecule has 182 valence electrons. The number of fused-ring (bicyclic) bond motifs is 1. The lowest BCUT2D eigenvalue weighted by Crippen LogP contribution is -2.17. The van der Waals surface area contributed by atoms with E-state index in [1.165, 1.54) is 0 Å². The van der Waals surface area contributed by atoms with Crippen LogP contribution in [0.4, 0.5) is 17.2 Å². The second-order valence-electron chi connectivity index (χ2n) is 8.89. The zero-order chi connectivity index (χ0) is 25.2. The first-order chi connectivity index (χ1) is 17.4. The van der Waals surface area contributed by atoms with Gasteiger partial charge in [-0.25, -0.2) is 4.99 Å². The first-order valence-corrected chi connectivity index (χ1v) is 11.8. The number of aromatic nitrogens is 4. The second-order valence-corrected chi connectivity index (χ2v) is 8.89. The molecule has 0 radical (unpaired) electrons. The molecule has 2 aromatic heterocycles. The molecule has 1 aliphatic rings. The smallest absolute Gasteiger partial charge is 0.273 e. The lowest BCUT2D eigenvalue weighted by Gasteiger charge is -2.10. The molecule has 2 amide bonds. The van der Waals surface area contributed by atoms with Crippen LogP contribution in [0.3, 0.4) is 0 Å². The fourth-order valence-electron chi connectivity index (χ4n) is 4.37. The summed E-state index contributed by atoms with van der Waals surface area (Å²) in [6, 6.07) is 17.4. The molecule has 0 saturated heterocycles.